The second kappa shape index (κ2) is 66.9. The average molecular weight is 1380 g/mol. The Morgan fingerprint density at radius 3 is 0.723 bits per heavy atom. The van der Waals surface area contributed by atoms with Gasteiger partial charge in [-0.25, -0.2) is 9.13 Å². The van der Waals surface area contributed by atoms with Gasteiger partial charge in [0.25, 0.3) is 0 Å². The van der Waals surface area contributed by atoms with Gasteiger partial charge in [-0.05, 0) is 37.5 Å². The van der Waals surface area contributed by atoms with Crippen molar-refractivity contribution in [2.24, 2.45) is 11.8 Å². The minimum absolute atomic E-state index is 0.103. The summed E-state index contributed by atoms with van der Waals surface area (Å²) in [4.78, 5) is 72.6. The maximum absolute atomic E-state index is 13.1. The molecule has 0 aromatic rings. The molecule has 0 amide bonds. The van der Waals surface area contributed by atoms with Gasteiger partial charge in [-0.3, -0.25) is 37.3 Å². The van der Waals surface area contributed by atoms with Gasteiger partial charge in [0.05, 0.1) is 26.4 Å². The Hall–Kier alpha value is -1.94. The van der Waals surface area contributed by atoms with Crippen LogP contribution in [0.15, 0.2) is 0 Å². The Bertz CT molecular complexity index is 1820. The van der Waals surface area contributed by atoms with Crippen molar-refractivity contribution >= 4 is 39.5 Å². The number of hydrogen-bond acceptors (Lipinski definition) is 15. The maximum atomic E-state index is 13.1. The average Bonchev–Trinajstić information content (AvgIpc) is 1.52. The topological polar surface area (TPSA) is 237 Å². The molecule has 17 nitrogen and oxygen atoms in total. The third-order valence-corrected chi connectivity index (χ3v) is 19.4. The minimum atomic E-state index is -4.96. The predicted molar refractivity (Wildman–Crippen MR) is 381 cm³/mol. The highest BCUT2D eigenvalue weighted by molar-refractivity contribution is 7.47. The zero-order valence-electron chi connectivity index (χ0n) is 61.3. The van der Waals surface area contributed by atoms with Gasteiger partial charge in [0.2, 0.25) is 0 Å². The molecule has 0 aromatic heterocycles. The van der Waals surface area contributed by atoms with E-state index in [1.807, 2.05) is 0 Å². The minimum Gasteiger partial charge on any atom is -0.462 e. The molecule has 0 fully saturated rings. The third-order valence-electron chi connectivity index (χ3n) is 17.5. The van der Waals surface area contributed by atoms with Crippen molar-refractivity contribution in [1.29, 1.82) is 0 Å². The SMILES string of the molecule is CCCCCCCCCCCCCCCCCCCCCCCC(=O)O[C@H](COC(=O)CCCCCCCCCCCCCCCC)COP(=O)(O)OC[C@@H](O)COP(=O)(O)OC[C@@H](COC(=O)CCCCCCCCC(C)C)OC(=O)CCCCCCCCCC(C)C. The van der Waals surface area contributed by atoms with E-state index >= 15 is 0 Å². The number of esters is 4. The van der Waals surface area contributed by atoms with Crippen LogP contribution in [-0.4, -0.2) is 96.7 Å². The molecule has 0 radical (unpaired) electrons. The van der Waals surface area contributed by atoms with E-state index in [2.05, 4.69) is 41.5 Å². The highest BCUT2D eigenvalue weighted by atomic mass is 31.2. The zero-order valence-corrected chi connectivity index (χ0v) is 63.1. The Morgan fingerprint density at radius 1 is 0.287 bits per heavy atom. The zero-order chi connectivity index (χ0) is 69.3. The number of phosphoric acid groups is 2. The molecule has 0 heterocycles. The van der Waals surface area contributed by atoms with Crippen LogP contribution in [0.25, 0.3) is 0 Å². The summed E-state index contributed by atoms with van der Waals surface area (Å²) in [7, 11) is -9.91. The van der Waals surface area contributed by atoms with Crippen molar-refractivity contribution in [2.75, 3.05) is 39.6 Å². The summed E-state index contributed by atoms with van der Waals surface area (Å²) in [5.74, 6) is -0.747. The summed E-state index contributed by atoms with van der Waals surface area (Å²) >= 11 is 0. The molecule has 558 valence electrons. The fourth-order valence-corrected chi connectivity index (χ4v) is 13.1. The Labute approximate surface area is 575 Å². The summed E-state index contributed by atoms with van der Waals surface area (Å²) in [5.41, 5.74) is 0. The fourth-order valence-electron chi connectivity index (χ4n) is 11.5. The quantitative estimate of drug-likeness (QED) is 0.0222. The molecule has 5 atom stereocenters. The lowest BCUT2D eigenvalue weighted by Gasteiger charge is -2.21. The van der Waals surface area contributed by atoms with E-state index in [4.69, 9.17) is 37.0 Å². The number of aliphatic hydroxyl groups excluding tert-OH is 1. The van der Waals surface area contributed by atoms with Gasteiger partial charge in [0.1, 0.15) is 19.3 Å². The number of phosphoric ester groups is 2. The Balaban J connectivity index is 5.18. The van der Waals surface area contributed by atoms with Crippen LogP contribution < -0.4 is 0 Å². The van der Waals surface area contributed by atoms with Crippen LogP contribution in [0.4, 0.5) is 0 Å². The molecule has 0 aliphatic carbocycles. The standard InChI is InChI=1S/C75H146O17P2/c1-7-9-11-13-15-17-19-21-23-24-25-26-27-28-29-31-33-35-39-47-53-59-74(79)91-70(63-85-72(77)57-51-45-38-34-32-30-22-20-18-16-14-12-10-8-2)65-89-93(81,82)87-61-69(76)62-88-94(83,84)90-66-71(64-86-73(78)58-52-46-42-41-44-50-56-68(5)6)92-75(80)60-54-48-40-36-37-43-49-55-67(3)4/h67-71,76H,7-66H2,1-6H3,(H,81,82)(H,83,84)/t69-,70-,71-/m1/s1. The van der Waals surface area contributed by atoms with Gasteiger partial charge in [-0.15, -0.1) is 0 Å². The van der Waals surface area contributed by atoms with Crippen LogP contribution in [0.2, 0.25) is 0 Å². The van der Waals surface area contributed by atoms with Crippen LogP contribution in [0.3, 0.4) is 0 Å². The van der Waals surface area contributed by atoms with Crippen molar-refractivity contribution in [3.63, 3.8) is 0 Å². The molecule has 0 saturated heterocycles. The van der Waals surface area contributed by atoms with E-state index in [1.165, 1.54) is 199 Å². The van der Waals surface area contributed by atoms with Gasteiger partial charge in [-0.2, -0.15) is 0 Å². The lowest BCUT2D eigenvalue weighted by molar-refractivity contribution is -0.161. The first-order chi connectivity index (χ1) is 45.4. The highest BCUT2D eigenvalue weighted by Gasteiger charge is 2.30. The first-order valence-electron chi connectivity index (χ1n) is 39.0. The van der Waals surface area contributed by atoms with E-state index in [0.717, 1.165) is 96.3 Å². The molecule has 3 N–H and O–H groups in total. The number of carbonyl (C=O) groups is 4. The number of ether oxygens (including phenoxy) is 4. The molecular weight excluding hydrogens is 1230 g/mol. The smallest absolute Gasteiger partial charge is 0.462 e. The summed E-state index contributed by atoms with van der Waals surface area (Å²) in [5, 5.41) is 10.6. The summed E-state index contributed by atoms with van der Waals surface area (Å²) in [6.07, 6.45) is 54.5. The van der Waals surface area contributed by atoms with Gasteiger partial charge < -0.3 is 33.8 Å². The van der Waals surface area contributed by atoms with E-state index in [9.17, 15) is 43.2 Å². The van der Waals surface area contributed by atoms with E-state index in [-0.39, 0.29) is 25.7 Å². The molecular formula is C75H146O17P2. The second-order valence-corrected chi connectivity index (χ2v) is 30.9. The molecule has 0 bridgehead atoms. The molecule has 0 spiro atoms. The van der Waals surface area contributed by atoms with Crippen LogP contribution in [-0.2, 0) is 65.4 Å². The van der Waals surface area contributed by atoms with Crippen molar-refractivity contribution in [1.82, 2.24) is 0 Å². The van der Waals surface area contributed by atoms with Crippen LogP contribution in [0.5, 0.6) is 0 Å². The molecule has 0 aliphatic heterocycles. The summed E-state index contributed by atoms with van der Waals surface area (Å²) in [6, 6.07) is 0. The molecule has 94 heavy (non-hydrogen) atoms. The summed E-state index contributed by atoms with van der Waals surface area (Å²) < 4.78 is 68.4. The number of aliphatic hydroxyl groups is 1. The summed E-state index contributed by atoms with van der Waals surface area (Å²) in [6.45, 7) is 9.43. The fraction of sp³-hybridized carbons (Fsp3) is 0.947. The normalized spacial score (nSPS) is 14.0. The van der Waals surface area contributed by atoms with Gasteiger partial charge in [0.15, 0.2) is 12.2 Å². The first kappa shape index (κ1) is 92.1. The lowest BCUT2D eigenvalue weighted by atomic mass is 10.0. The molecule has 0 aromatic carbocycles. The van der Waals surface area contributed by atoms with Crippen molar-refractivity contribution < 1.29 is 80.2 Å². The number of rotatable bonds is 74. The second-order valence-electron chi connectivity index (χ2n) is 28.0. The number of hydrogen-bond donors (Lipinski definition) is 3. The van der Waals surface area contributed by atoms with Crippen molar-refractivity contribution in [3.8, 4) is 0 Å². The van der Waals surface area contributed by atoms with Gasteiger partial charge in [-0.1, -0.05) is 337 Å². The third kappa shape index (κ3) is 68.6. The van der Waals surface area contributed by atoms with Crippen LogP contribution in [0, 0.1) is 11.8 Å². The molecule has 0 saturated carbocycles. The molecule has 19 heteroatoms. The van der Waals surface area contributed by atoms with Crippen LogP contribution >= 0.6 is 15.6 Å². The van der Waals surface area contributed by atoms with Crippen molar-refractivity contribution in [3.05, 3.63) is 0 Å². The van der Waals surface area contributed by atoms with E-state index < -0.39 is 97.5 Å². The Kier molecular flexibility index (Phi) is 65.5. The highest BCUT2D eigenvalue weighted by Crippen LogP contribution is 2.45. The van der Waals surface area contributed by atoms with Crippen LogP contribution in [0.1, 0.15) is 388 Å². The van der Waals surface area contributed by atoms with Gasteiger partial charge >= 0.3 is 39.5 Å². The van der Waals surface area contributed by atoms with E-state index in [1.54, 1.807) is 0 Å². The largest absolute Gasteiger partial charge is 0.472 e. The lowest BCUT2D eigenvalue weighted by Crippen LogP contribution is -2.30. The molecule has 2 unspecified atom stereocenters. The number of carbonyl (C=O) groups excluding carboxylic acids is 4. The predicted octanol–water partition coefficient (Wildman–Crippen LogP) is 21.9. The monoisotopic (exact) mass is 1380 g/mol. The van der Waals surface area contributed by atoms with Gasteiger partial charge in [0, 0.05) is 25.7 Å². The van der Waals surface area contributed by atoms with Crippen molar-refractivity contribution in [2.45, 2.75) is 407 Å². The first-order valence-corrected chi connectivity index (χ1v) is 42.0. The molecule has 0 rings (SSSR count). The maximum Gasteiger partial charge on any atom is 0.472 e. The molecule has 0 aliphatic rings. The Morgan fingerprint density at radius 2 is 0.489 bits per heavy atom. The number of unbranched alkanes of at least 4 members (excludes halogenated alkanes) is 44. The van der Waals surface area contributed by atoms with E-state index in [0.29, 0.717) is 37.5 Å².